The van der Waals surface area contributed by atoms with Gasteiger partial charge < -0.3 is 4.74 Å². The van der Waals surface area contributed by atoms with E-state index in [-0.39, 0.29) is 32.1 Å². The van der Waals surface area contributed by atoms with Gasteiger partial charge >= 0.3 is 4.87 Å². The van der Waals surface area contributed by atoms with Crippen LogP contribution in [-0.2, 0) is 20.0 Å². The number of aromatic nitrogens is 1. The van der Waals surface area contributed by atoms with Crippen molar-refractivity contribution in [3.8, 4) is 5.75 Å². The van der Waals surface area contributed by atoms with Crippen molar-refractivity contribution in [2.45, 2.75) is 48.9 Å². The molecule has 1 aliphatic rings. The second-order valence-corrected chi connectivity index (χ2v) is 13.0. The molecule has 0 spiro atoms. The minimum absolute atomic E-state index is 0.00409. The second kappa shape index (κ2) is 9.33. The summed E-state index contributed by atoms with van der Waals surface area (Å²) in [5.41, 5.74) is 0.685. The standard InChI is InChI=1S/C22H27N3O6S3/c1-15(2)25-19-9-7-16(14-21(19)32-22(25)26)33(27,28)23-18-13-17(8-10-20(18)31-3)34(29,30)24-11-5-4-6-12-24/h7-10,13-15,23H,4-6,11-12H2,1-3H3. The predicted octanol–water partition coefficient (Wildman–Crippen LogP) is 3.63. The Kier molecular flexibility index (Phi) is 6.78. The van der Waals surface area contributed by atoms with Crippen LogP contribution in [0.3, 0.4) is 0 Å². The third kappa shape index (κ3) is 4.59. The third-order valence-electron chi connectivity index (χ3n) is 5.78. The number of fused-ring (bicyclic) bond motifs is 1. The van der Waals surface area contributed by atoms with Crippen molar-refractivity contribution in [2.24, 2.45) is 0 Å². The zero-order valence-corrected chi connectivity index (χ0v) is 21.6. The van der Waals surface area contributed by atoms with Crippen LogP contribution < -0.4 is 14.3 Å². The summed E-state index contributed by atoms with van der Waals surface area (Å²) in [6.07, 6.45) is 2.57. The molecule has 1 saturated heterocycles. The Balaban J connectivity index is 1.71. The summed E-state index contributed by atoms with van der Waals surface area (Å²) in [6, 6.07) is 8.56. The highest BCUT2D eigenvalue weighted by Crippen LogP contribution is 2.32. The molecule has 34 heavy (non-hydrogen) atoms. The molecule has 1 fully saturated rings. The topological polar surface area (TPSA) is 115 Å². The number of benzene rings is 2. The molecular weight excluding hydrogens is 498 g/mol. The molecule has 12 heteroatoms. The Morgan fingerprint density at radius 2 is 1.65 bits per heavy atom. The van der Waals surface area contributed by atoms with Crippen molar-refractivity contribution in [3.63, 3.8) is 0 Å². The summed E-state index contributed by atoms with van der Waals surface area (Å²) < 4.78 is 63.9. The number of piperidine rings is 1. The summed E-state index contributed by atoms with van der Waals surface area (Å²) in [6.45, 7) is 4.65. The highest BCUT2D eigenvalue weighted by molar-refractivity contribution is 7.92. The lowest BCUT2D eigenvalue weighted by molar-refractivity contribution is 0.346. The molecule has 1 aromatic heterocycles. The number of nitrogens with zero attached hydrogens (tertiary/aromatic N) is 2. The maximum absolute atomic E-state index is 13.2. The van der Waals surface area contributed by atoms with E-state index in [1.54, 1.807) is 10.6 Å². The third-order valence-corrected chi connectivity index (χ3v) is 9.96. The molecule has 0 amide bonds. The molecule has 9 nitrogen and oxygen atoms in total. The van der Waals surface area contributed by atoms with Crippen molar-refractivity contribution in [1.29, 1.82) is 0 Å². The first-order chi connectivity index (χ1) is 16.0. The van der Waals surface area contributed by atoms with Gasteiger partial charge in [-0.05, 0) is 63.1 Å². The number of anilines is 1. The molecule has 1 N–H and O–H groups in total. The highest BCUT2D eigenvalue weighted by atomic mass is 32.2. The average molecular weight is 526 g/mol. The van der Waals surface area contributed by atoms with Crippen LogP contribution in [0.4, 0.5) is 5.69 Å². The molecule has 0 atom stereocenters. The van der Waals surface area contributed by atoms with Gasteiger partial charge in [0.05, 0.1) is 32.8 Å². The van der Waals surface area contributed by atoms with Gasteiger partial charge in [0.15, 0.2) is 0 Å². The molecule has 4 rings (SSSR count). The van der Waals surface area contributed by atoms with Crippen molar-refractivity contribution in [1.82, 2.24) is 8.87 Å². The van der Waals surface area contributed by atoms with Gasteiger partial charge in [-0.2, -0.15) is 4.31 Å². The zero-order valence-electron chi connectivity index (χ0n) is 19.1. The summed E-state index contributed by atoms with van der Waals surface area (Å²) >= 11 is 0.979. The maximum atomic E-state index is 13.2. The van der Waals surface area contributed by atoms with Gasteiger partial charge in [-0.1, -0.05) is 17.8 Å². The lowest BCUT2D eigenvalue weighted by atomic mass is 10.2. The van der Waals surface area contributed by atoms with Crippen molar-refractivity contribution >= 4 is 47.3 Å². The Morgan fingerprint density at radius 1 is 0.971 bits per heavy atom. The van der Waals surface area contributed by atoms with Crippen LogP contribution in [0.1, 0.15) is 39.2 Å². The monoisotopic (exact) mass is 525 g/mol. The maximum Gasteiger partial charge on any atom is 0.308 e. The van der Waals surface area contributed by atoms with Gasteiger partial charge in [-0.25, -0.2) is 16.8 Å². The number of nitrogens with one attached hydrogen (secondary N) is 1. The van der Waals surface area contributed by atoms with Crippen LogP contribution in [0.25, 0.3) is 10.2 Å². The Labute approximate surface area is 203 Å². The minimum atomic E-state index is -4.09. The fourth-order valence-corrected chi connectivity index (χ4v) is 7.82. The largest absolute Gasteiger partial charge is 0.495 e. The highest BCUT2D eigenvalue weighted by Gasteiger charge is 2.28. The molecule has 184 valence electrons. The number of hydrogen-bond donors (Lipinski definition) is 1. The van der Waals surface area contributed by atoms with Gasteiger partial charge in [0.1, 0.15) is 5.75 Å². The van der Waals surface area contributed by atoms with E-state index in [0.29, 0.717) is 23.3 Å². The average Bonchev–Trinajstić information content (AvgIpc) is 3.14. The molecule has 0 unspecified atom stereocenters. The van der Waals surface area contributed by atoms with E-state index in [1.807, 2.05) is 13.8 Å². The van der Waals surface area contributed by atoms with E-state index in [9.17, 15) is 21.6 Å². The number of sulfonamides is 2. The summed E-state index contributed by atoms with van der Waals surface area (Å²) in [5.74, 6) is 0.192. The molecule has 3 aromatic rings. The lowest BCUT2D eigenvalue weighted by Crippen LogP contribution is -2.35. The summed E-state index contributed by atoms with van der Waals surface area (Å²) in [7, 11) is -6.47. The van der Waals surface area contributed by atoms with E-state index < -0.39 is 20.0 Å². The molecule has 0 aliphatic carbocycles. The molecule has 0 bridgehead atoms. The summed E-state index contributed by atoms with van der Waals surface area (Å²) in [4.78, 5) is 12.1. The van der Waals surface area contributed by atoms with Gasteiger partial charge in [-0.15, -0.1) is 0 Å². The fourth-order valence-electron chi connectivity index (χ4n) is 4.06. The van der Waals surface area contributed by atoms with Gasteiger partial charge in [0, 0.05) is 19.1 Å². The Morgan fingerprint density at radius 3 is 2.29 bits per heavy atom. The first-order valence-corrected chi connectivity index (χ1v) is 14.6. The van der Waals surface area contributed by atoms with Crippen molar-refractivity contribution in [3.05, 3.63) is 46.1 Å². The molecule has 0 radical (unpaired) electrons. The molecule has 0 saturated carbocycles. The van der Waals surface area contributed by atoms with Crippen LogP contribution in [0.2, 0.25) is 0 Å². The van der Waals surface area contributed by atoms with Crippen LogP contribution in [0.15, 0.2) is 51.0 Å². The van der Waals surface area contributed by atoms with Gasteiger partial charge in [0.25, 0.3) is 10.0 Å². The number of ether oxygens (including phenoxy) is 1. The minimum Gasteiger partial charge on any atom is -0.495 e. The quantitative estimate of drug-likeness (QED) is 0.504. The van der Waals surface area contributed by atoms with Crippen LogP contribution in [-0.4, -0.2) is 45.9 Å². The Hall–Kier alpha value is -2.41. The normalized spacial score (nSPS) is 15.6. The molecule has 2 aromatic carbocycles. The van der Waals surface area contributed by atoms with E-state index >= 15 is 0 Å². The van der Waals surface area contributed by atoms with Crippen molar-refractivity contribution < 1.29 is 21.6 Å². The van der Waals surface area contributed by atoms with E-state index in [0.717, 1.165) is 30.6 Å². The van der Waals surface area contributed by atoms with Crippen molar-refractivity contribution in [2.75, 3.05) is 24.9 Å². The fraction of sp³-hybridized carbons (Fsp3) is 0.409. The predicted molar refractivity (Wildman–Crippen MR) is 133 cm³/mol. The number of hydrogen-bond acceptors (Lipinski definition) is 7. The van der Waals surface area contributed by atoms with Gasteiger partial charge in [-0.3, -0.25) is 14.1 Å². The molecule has 2 heterocycles. The number of rotatable bonds is 7. The molecule has 1 aliphatic heterocycles. The first kappa shape index (κ1) is 24.7. The van der Waals surface area contributed by atoms with Crippen LogP contribution in [0, 0.1) is 0 Å². The van der Waals surface area contributed by atoms with E-state index in [1.165, 1.54) is 41.7 Å². The molecular formula is C22H27N3O6S3. The van der Waals surface area contributed by atoms with E-state index in [4.69, 9.17) is 4.74 Å². The number of methoxy groups -OCH3 is 1. The smallest absolute Gasteiger partial charge is 0.308 e. The van der Waals surface area contributed by atoms with E-state index in [2.05, 4.69) is 4.72 Å². The SMILES string of the molecule is COc1ccc(S(=O)(=O)N2CCCCC2)cc1NS(=O)(=O)c1ccc2c(c1)sc(=O)n2C(C)C. The van der Waals surface area contributed by atoms with Gasteiger partial charge in [0.2, 0.25) is 10.0 Å². The summed E-state index contributed by atoms with van der Waals surface area (Å²) in [5, 5.41) is 0. The lowest BCUT2D eigenvalue weighted by Gasteiger charge is -2.26. The van der Waals surface area contributed by atoms with Crippen LogP contribution >= 0.6 is 11.3 Å². The number of thiazole rings is 1. The zero-order chi connectivity index (χ0) is 24.7. The second-order valence-electron chi connectivity index (χ2n) is 8.39. The van der Waals surface area contributed by atoms with Crippen LogP contribution in [0.5, 0.6) is 5.75 Å². The first-order valence-electron chi connectivity index (χ1n) is 10.9. The Bertz CT molecular complexity index is 1480.